The molecule has 0 N–H and O–H groups in total. The molecule has 0 fully saturated rings. The maximum atomic E-state index is 12.2. The largest absolute Gasteiger partial charge is 0.350 e. The molecule has 5 heteroatoms. The molecule has 3 rings (SSSR count). The highest BCUT2D eigenvalue weighted by Crippen LogP contribution is 2.28. The maximum Gasteiger partial charge on any atom is 0.350 e. The zero-order chi connectivity index (χ0) is 12.4. The smallest absolute Gasteiger partial charge is 0.257 e. The average molecular weight is 240 g/mol. The predicted molar refractivity (Wildman–Crippen MR) is 67.2 cm³/mol. The second-order valence-corrected chi connectivity index (χ2v) is 4.06. The van der Waals surface area contributed by atoms with Gasteiger partial charge in [-0.05, 0) is 5.56 Å². The van der Waals surface area contributed by atoms with Gasteiger partial charge in [-0.3, -0.25) is 4.57 Å². The Hall–Kier alpha value is -2.43. The number of carbonyl (C=O) groups is 1. The third-order valence-corrected chi connectivity index (χ3v) is 2.94. The summed E-state index contributed by atoms with van der Waals surface area (Å²) in [7, 11) is 0. The van der Waals surface area contributed by atoms with E-state index in [0.717, 1.165) is 12.0 Å². The summed E-state index contributed by atoms with van der Waals surface area (Å²) in [6.07, 6.45) is 7.20. The van der Waals surface area contributed by atoms with Gasteiger partial charge in [-0.1, -0.05) is 30.3 Å². The Labute approximate surface area is 104 Å². The van der Waals surface area contributed by atoms with Crippen molar-refractivity contribution in [1.29, 1.82) is 0 Å². The minimum absolute atomic E-state index is 0.0268. The van der Waals surface area contributed by atoms with Crippen LogP contribution in [0.5, 0.6) is 0 Å². The van der Waals surface area contributed by atoms with Crippen molar-refractivity contribution in [2.75, 3.05) is 0 Å². The van der Waals surface area contributed by atoms with Crippen molar-refractivity contribution in [2.45, 2.75) is 12.5 Å². The van der Waals surface area contributed by atoms with Gasteiger partial charge in [-0.2, -0.15) is 5.10 Å². The van der Waals surface area contributed by atoms with Crippen molar-refractivity contribution in [3.63, 3.8) is 0 Å². The number of nitrogens with zero attached hydrogens (tertiary/aromatic N) is 4. The van der Waals surface area contributed by atoms with E-state index in [2.05, 4.69) is 10.1 Å². The summed E-state index contributed by atoms with van der Waals surface area (Å²) < 4.78 is 1.43. The first-order valence-electron chi connectivity index (χ1n) is 5.75. The van der Waals surface area contributed by atoms with Crippen molar-refractivity contribution < 1.29 is 4.79 Å². The van der Waals surface area contributed by atoms with E-state index >= 15 is 0 Å². The Morgan fingerprint density at radius 2 is 2.11 bits per heavy atom. The molecule has 2 aromatic rings. The standard InChI is InChI=1S/C13H12N4O/c18-13(16-9-8-14-10-16)17-12(6-7-15-17)11-4-2-1-3-5-11/h1-5,7-10,12H,6H2. The van der Waals surface area contributed by atoms with Gasteiger partial charge in [0.1, 0.15) is 6.33 Å². The number of imidazole rings is 1. The van der Waals surface area contributed by atoms with E-state index in [0.29, 0.717) is 0 Å². The lowest BCUT2D eigenvalue weighted by Crippen LogP contribution is -2.30. The monoisotopic (exact) mass is 240 g/mol. The summed E-state index contributed by atoms with van der Waals surface area (Å²) >= 11 is 0. The minimum atomic E-state index is -0.185. The van der Waals surface area contributed by atoms with E-state index in [1.54, 1.807) is 18.6 Å². The van der Waals surface area contributed by atoms with Gasteiger partial charge in [0.05, 0.1) is 6.04 Å². The van der Waals surface area contributed by atoms with Crippen molar-refractivity contribution in [3.05, 3.63) is 54.6 Å². The zero-order valence-corrected chi connectivity index (χ0v) is 9.68. The van der Waals surface area contributed by atoms with Crippen LogP contribution in [0, 0.1) is 0 Å². The number of hydrazone groups is 1. The van der Waals surface area contributed by atoms with Crippen LogP contribution in [0.4, 0.5) is 4.79 Å². The topological polar surface area (TPSA) is 50.5 Å². The van der Waals surface area contributed by atoms with E-state index in [4.69, 9.17) is 0 Å². The summed E-state index contributed by atoms with van der Waals surface area (Å²) in [6.45, 7) is 0. The molecule has 2 heterocycles. The molecule has 0 saturated carbocycles. The Morgan fingerprint density at radius 1 is 1.28 bits per heavy atom. The molecule has 1 aliphatic heterocycles. The van der Waals surface area contributed by atoms with Crippen LogP contribution in [0.25, 0.3) is 0 Å². The lowest BCUT2D eigenvalue weighted by atomic mass is 10.1. The average Bonchev–Trinajstić information content (AvgIpc) is 3.10. The predicted octanol–water partition coefficient (Wildman–Crippen LogP) is 2.28. The highest BCUT2D eigenvalue weighted by molar-refractivity contribution is 5.80. The fraction of sp³-hybridized carbons (Fsp3) is 0.154. The second-order valence-electron chi connectivity index (χ2n) is 4.06. The van der Waals surface area contributed by atoms with Crippen LogP contribution in [-0.2, 0) is 0 Å². The first-order chi connectivity index (χ1) is 8.86. The summed E-state index contributed by atoms with van der Waals surface area (Å²) in [5.41, 5.74) is 1.09. The molecule has 1 amide bonds. The van der Waals surface area contributed by atoms with E-state index in [1.807, 2.05) is 30.3 Å². The molecule has 5 nitrogen and oxygen atoms in total. The first-order valence-corrected chi connectivity index (χ1v) is 5.75. The van der Waals surface area contributed by atoms with Gasteiger partial charge < -0.3 is 0 Å². The zero-order valence-electron chi connectivity index (χ0n) is 9.68. The molecule has 1 unspecified atom stereocenters. The molecular formula is C13H12N4O. The number of hydrogen-bond acceptors (Lipinski definition) is 3. The number of hydrogen-bond donors (Lipinski definition) is 0. The lowest BCUT2D eigenvalue weighted by Gasteiger charge is -2.21. The molecule has 1 aliphatic rings. The van der Waals surface area contributed by atoms with Gasteiger partial charge >= 0.3 is 6.03 Å². The molecule has 0 bridgehead atoms. The van der Waals surface area contributed by atoms with Crippen LogP contribution in [0.2, 0.25) is 0 Å². The number of rotatable bonds is 1. The molecule has 0 saturated heterocycles. The van der Waals surface area contributed by atoms with Crippen LogP contribution in [0.15, 0.2) is 54.2 Å². The van der Waals surface area contributed by atoms with Crippen LogP contribution in [0.1, 0.15) is 18.0 Å². The first kappa shape index (κ1) is 10.7. The molecule has 1 aromatic carbocycles. The molecule has 1 atom stereocenters. The molecule has 0 radical (unpaired) electrons. The van der Waals surface area contributed by atoms with Crippen molar-refractivity contribution in [3.8, 4) is 0 Å². The third-order valence-electron chi connectivity index (χ3n) is 2.94. The fourth-order valence-electron chi connectivity index (χ4n) is 2.04. The second kappa shape index (κ2) is 4.44. The molecule has 0 aliphatic carbocycles. The van der Waals surface area contributed by atoms with E-state index in [1.165, 1.54) is 15.9 Å². The van der Waals surface area contributed by atoms with Gasteiger partial charge in [0.25, 0.3) is 0 Å². The molecular weight excluding hydrogens is 228 g/mol. The quantitative estimate of drug-likeness (QED) is 0.767. The number of amides is 1. The van der Waals surface area contributed by atoms with Crippen LogP contribution in [0.3, 0.4) is 0 Å². The van der Waals surface area contributed by atoms with E-state index in [-0.39, 0.29) is 12.1 Å². The normalized spacial score (nSPS) is 18.2. The molecule has 1 aromatic heterocycles. The van der Waals surface area contributed by atoms with Crippen molar-refractivity contribution in [2.24, 2.45) is 5.10 Å². The van der Waals surface area contributed by atoms with Gasteiger partial charge in [-0.25, -0.2) is 14.8 Å². The molecule has 0 spiro atoms. The van der Waals surface area contributed by atoms with E-state index in [9.17, 15) is 4.79 Å². The lowest BCUT2D eigenvalue weighted by molar-refractivity contribution is 0.188. The summed E-state index contributed by atoms with van der Waals surface area (Å²) in [6, 6.07) is 9.69. The van der Waals surface area contributed by atoms with Crippen LogP contribution < -0.4 is 0 Å². The Morgan fingerprint density at radius 3 is 2.83 bits per heavy atom. The van der Waals surface area contributed by atoms with Crippen LogP contribution in [-0.4, -0.2) is 26.8 Å². The van der Waals surface area contributed by atoms with Gasteiger partial charge in [0.2, 0.25) is 0 Å². The Balaban J connectivity index is 1.88. The number of aromatic nitrogens is 2. The molecule has 90 valence electrons. The highest BCUT2D eigenvalue weighted by Gasteiger charge is 2.28. The number of carbonyl (C=O) groups excluding carboxylic acids is 1. The Bertz CT molecular complexity index is 562. The maximum absolute atomic E-state index is 12.2. The van der Waals surface area contributed by atoms with Gasteiger partial charge in [-0.15, -0.1) is 0 Å². The summed E-state index contributed by atoms with van der Waals surface area (Å²) in [4.78, 5) is 16.1. The SMILES string of the molecule is O=C(N1N=CCC1c1ccccc1)n1ccnc1. The third kappa shape index (κ3) is 1.79. The van der Waals surface area contributed by atoms with Crippen molar-refractivity contribution in [1.82, 2.24) is 14.6 Å². The van der Waals surface area contributed by atoms with Gasteiger partial charge in [0.15, 0.2) is 0 Å². The summed E-state index contributed by atoms with van der Waals surface area (Å²) in [5, 5.41) is 5.66. The minimum Gasteiger partial charge on any atom is -0.257 e. The molecule has 18 heavy (non-hydrogen) atoms. The Kier molecular flexibility index (Phi) is 2.64. The highest BCUT2D eigenvalue weighted by atomic mass is 16.2. The van der Waals surface area contributed by atoms with Crippen molar-refractivity contribution >= 4 is 12.2 Å². The summed E-state index contributed by atoms with van der Waals surface area (Å²) in [5.74, 6) is 0. The fourth-order valence-corrected chi connectivity index (χ4v) is 2.04. The van der Waals surface area contributed by atoms with Crippen LogP contribution >= 0.6 is 0 Å². The van der Waals surface area contributed by atoms with Gasteiger partial charge in [0, 0.05) is 25.0 Å². The van der Waals surface area contributed by atoms with E-state index < -0.39 is 0 Å². The number of benzene rings is 1.